The monoisotopic (exact) mass is 545 g/mol. The first kappa shape index (κ1) is 26.4. The van der Waals surface area contributed by atoms with Crippen LogP contribution >= 0.6 is 11.6 Å². The smallest absolute Gasteiger partial charge is 0.411 e. The van der Waals surface area contributed by atoms with Gasteiger partial charge in [0.25, 0.3) is 5.91 Å². The van der Waals surface area contributed by atoms with Gasteiger partial charge < -0.3 is 19.9 Å². The van der Waals surface area contributed by atoms with Gasteiger partial charge in [-0.1, -0.05) is 29.8 Å². The Balaban J connectivity index is 1.48. The molecule has 0 radical (unpaired) electrons. The van der Waals surface area contributed by atoms with Crippen molar-refractivity contribution in [2.24, 2.45) is 4.99 Å². The van der Waals surface area contributed by atoms with E-state index >= 15 is 0 Å². The van der Waals surface area contributed by atoms with Gasteiger partial charge in [0.05, 0.1) is 18.5 Å². The summed E-state index contributed by atoms with van der Waals surface area (Å²) in [4.78, 5) is 46.7. The van der Waals surface area contributed by atoms with E-state index in [1.165, 1.54) is 7.11 Å². The van der Waals surface area contributed by atoms with Gasteiger partial charge in [-0.05, 0) is 66.7 Å². The molecular weight excluding hydrogens is 518 g/mol. The Hall–Kier alpha value is -4.21. The molecule has 0 bridgehead atoms. The van der Waals surface area contributed by atoms with Crippen molar-refractivity contribution in [3.8, 4) is 0 Å². The molecule has 1 atom stereocenters. The third kappa shape index (κ3) is 5.79. The van der Waals surface area contributed by atoms with Crippen LogP contribution in [-0.4, -0.2) is 73.8 Å². The second-order valence-corrected chi connectivity index (χ2v) is 9.92. The number of anilines is 2. The lowest BCUT2D eigenvalue weighted by molar-refractivity contribution is -0.115. The Morgan fingerprint density at radius 2 is 1.64 bits per heavy atom. The van der Waals surface area contributed by atoms with Gasteiger partial charge >= 0.3 is 6.09 Å². The zero-order chi connectivity index (χ0) is 27.5. The number of rotatable bonds is 5. The maximum Gasteiger partial charge on any atom is 0.411 e. The van der Waals surface area contributed by atoms with Crippen molar-refractivity contribution in [1.29, 1.82) is 0 Å². The number of nitrogens with zero attached hydrogens (tertiary/aromatic N) is 3. The Morgan fingerprint density at radius 1 is 0.974 bits per heavy atom. The number of piperazine rings is 1. The van der Waals surface area contributed by atoms with E-state index in [1.807, 2.05) is 18.0 Å². The topological polar surface area (TPSA) is 103 Å². The molecule has 1 unspecified atom stereocenters. The molecule has 200 valence electrons. The first-order valence-electron chi connectivity index (χ1n) is 12.5. The van der Waals surface area contributed by atoms with Crippen molar-refractivity contribution in [3.63, 3.8) is 0 Å². The number of hydrogen-bond acceptors (Lipinski definition) is 6. The highest BCUT2D eigenvalue weighted by Gasteiger charge is 2.35. The van der Waals surface area contributed by atoms with Crippen LogP contribution in [0, 0.1) is 0 Å². The number of carbonyl (C=O) groups is 3. The van der Waals surface area contributed by atoms with E-state index in [-0.39, 0.29) is 11.8 Å². The molecule has 0 spiro atoms. The minimum Gasteiger partial charge on any atom is -0.453 e. The number of carbonyl (C=O) groups excluding carboxylic acids is 3. The van der Waals surface area contributed by atoms with E-state index in [1.54, 1.807) is 60.7 Å². The quantitative estimate of drug-likeness (QED) is 0.450. The van der Waals surface area contributed by atoms with E-state index in [4.69, 9.17) is 16.6 Å². The summed E-state index contributed by atoms with van der Waals surface area (Å²) in [7, 11) is 3.34. The van der Waals surface area contributed by atoms with Crippen LogP contribution in [0.3, 0.4) is 0 Å². The molecule has 9 nitrogen and oxygen atoms in total. The molecule has 2 aliphatic rings. The maximum absolute atomic E-state index is 13.2. The van der Waals surface area contributed by atoms with Gasteiger partial charge in [0.2, 0.25) is 5.91 Å². The average Bonchev–Trinajstić information content (AvgIpc) is 3.27. The van der Waals surface area contributed by atoms with Gasteiger partial charge in [-0.3, -0.25) is 19.9 Å². The summed E-state index contributed by atoms with van der Waals surface area (Å²) in [6, 6.07) is 19.4. The highest BCUT2D eigenvalue weighted by Crippen LogP contribution is 2.38. The van der Waals surface area contributed by atoms with Gasteiger partial charge in [-0.25, -0.2) is 4.79 Å². The van der Waals surface area contributed by atoms with E-state index in [0.29, 0.717) is 52.0 Å². The molecule has 3 aromatic carbocycles. The lowest BCUT2D eigenvalue weighted by atomic mass is 9.90. The number of methoxy groups -OCH3 is 1. The Bertz CT molecular complexity index is 1430. The highest BCUT2D eigenvalue weighted by atomic mass is 35.5. The van der Waals surface area contributed by atoms with Crippen LogP contribution in [0.4, 0.5) is 21.9 Å². The normalized spacial score (nSPS) is 17.4. The van der Waals surface area contributed by atoms with Gasteiger partial charge in [-0.2, -0.15) is 0 Å². The molecule has 39 heavy (non-hydrogen) atoms. The van der Waals surface area contributed by atoms with Gasteiger partial charge in [0.15, 0.2) is 0 Å². The van der Waals surface area contributed by atoms with E-state index < -0.39 is 12.0 Å². The molecule has 5 rings (SSSR count). The second-order valence-electron chi connectivity index (χ2n) is 9.49. The molecule has 3 amide bonds. The van der Waals surface area contributed by atoms with E-state index in [2.05, 4.69) is 20.3 Å². The molecule has 1 fully saturated rings. The van der Waals surface area contributed by atoms with Crippen LogP contribution in [-0.2, 0) is 9.53 Å². The molecule has 1 saturated heterocycles. The van der Waals surface area contributed by atoms with Crippen molar-refractivity contribution < 1.29 is 19.1 Å². The zero-order valence-electron chi connectivity index (χ0n) is 21.6. The Labute approximate surface area is 231 Å². The second kappa shape index (κ2) is 11.3. The standard InChI is InChI=1S/C29H28ClN5O4/c1-34-13-15-35(16-14-34)28(37)19-5-10-21(11-6-19)31-26(18-3-8-22(9-4-18)32-29(38)39-2)25-23-12-7-20(30)17-24(23)33-27(25)36/h3-12,17,25H,13-16H2,1-2H3,(H,32,38)(H,33,36). The molecule has 0 aliphatic carbocycles. The lowest BCUT2D eigenvalue weighted by Crippen LogP contribution is -2.47. The van der Waals surface area contributed by atoms with Crippen LogP contribution in [0.5, 0.6) is 0 Å². The number of fused-ring (bicyclic) bond motifs is 1. The highest BCUT2D eigenvalue weighted by molar-refractivity contribution is 6.31. The predicted octanol–water partition coefficient (Wildman–Crippen LogP) is 4.76. The minimum absolute atomic E-state index is 0.00600. The van der Waals surface area contributed by atoms with Gasteiger partial charge in [0, 0.05) is 48.1 Å². The summed E-state index contributed by atoms with van der Waals surface area (Å²) in [5, 5.41) is 6.04. The fourth-order valence-electron chi connectivity index (χ4n) is 4.70. The summed E-state index contributed by atoms with van der Waals surface area (Å²) in [6.45, 7) is 3.09. The summed E-state index contributed by atoms with van der Waals surface area (Å²) < 4.78 is 4.66. The van der Waals surface area contributed by atoms with Crippen molar-refractivity contribution in [1.82, 2.24) is 9.80 Å². The van der Waals surface area contributed by atoms with Crippen molar-refractivity contribution >= 4 is 52.3 Å². The van der Waals surface area contributed by atoms with Crippen LogP contribution in [0.25, 0.3) is 0 Å². The van der Waals surface area contributed by atoms with Crippen LogP contribution < -0.4 is 10.6 Å². The third-order valence-electron chi connectivity index (χ3n) is 6.89. The third-order valence-corrected chi connectivity index (χ3v) is 7.12. The molecule has 0 saturated carbocycles. The van der Waals surface area contributed by atoms with E-state index in [9.17, 15) is 14.4 Å². The SMILES string of the molecule is COC(=O)Nc1ccc(C(=Nc2ccc(C(=O)N3CCN(C)CC3)cc2)C2C(=O)Nc3cc(Cl)ccc32)cc1. The Kier molecular flexibility index (Phi) is 7.63. The molecule has 0 aromatic heterocycles. The molecule has 2 aliphatic heterocycles. The summed E-state index contributed by atoms with van der Waals surface area (Å²) in [5.74, 6) is -0.901. The average molecular weight is 546 g/mol. The van der Waals surface area contributed by atoms with Crippen LogP contribution in [0.15, 0.2) is 71.7 Å². The van der Waals surface area contributed by atoms with Crippen molar-refractivity contribution in [2.75, 3.05) is 51.0 Å². The fraction of sp³-hybridized carbons (Fsp3) is 0.241. The number of aliphatic imine (C=N–C) groups is 1. The Morgan fingerprint density at radius 3 is 2.31 bits per heavy atom. The molecule has 3 aromatic rings. The predicted molar refractivity (Wildman–Crippen MR) is 151 cm³/mol. The maximum atomic E-state index is 13.2. The molecule has 2 N–H and O–H groups in total. The first-order valence-corrected chi connectivity index (χ1v) is 12.9. The van der Waals surface area contributed by atoms with Crippen molar-refractivity contribution in [2.45, 2.75) is 5.92 Å². The first-order chi connectivity index (χ1) is 18.8. The summed E-state index contributed by atoms with van der Waals surface area (Å²) in [5.41, 5.74) is 4.37. The molecule has 2 heterocycles. The fourth-order valence-corrected chi connectivity index (χ4v) is 4.88. The van der Waals surface area contributed by atoms with Crippen LogP contribution in [0.2, 0.25) is 5.02 Å². The number of nitrogens with one attached hydrogen (secondary N) is 2. The number of likely N-dealkylation sites (N-methyl/N-ethyl adjacent to an activating group) is 1. The van der Waals surface area contributed by atoms with E-state index in [0.717, 1.165) is 18.7 Å². The number of halogens is 1. The zero-order valence-corrected chi connectivity index (χ0v) is 22.4. The van der Waals surface area contributed by atoms with Crippen molar-refractivity contribution in [3.05, 3.63) is 88.4 Å². The van der Waals surface area contributed by atoms with Gasteiger partial charge in [0.1, 0.15) is 5.92 Å². The number of amides is 3. The van der Waals surface area contributed by atoms with Gasteiger partial charge in [-0.15, -0.1) is 0 Å². The summed E-state index contributed by atoms with van der Waals surface area (Å²) in [6.07, 6.45) is -0.580. The molecule has 10 heteroatoms. The largest absolute Gasteiger partial charge is 0.453 e. The minimum atomic E-state index is -0.677. The number of benzene rings is 3. The number of hydrogen-bond donors (Lipinski definition) is 2. The molecular formula is C29H28ClN5O4. The number of ether oxygens (including phenoxy) is 1. The summed E-state index contributed by atoms with van der Waals surface area (Å²) >= 11 is 6.16. The van der Waals surface area contributed by atoms with Crippen LogP contribution in [0.1, 0.15) is 27.4 Å². The lowest BCUT2D eigenvalue weighted by Gasteiger charge is -2.32.